The van der Waals surface area contributed by atoms with Gasteiger partial charge < -0.3 is 26.2 Å². The summed E-state index contributed by atoms with van der Waals surface area (Å²) in [6.07, 6.45) is 14.3. The van der Waals surface area contributed by atoms with Gasteiger partial charge in [-0.2, -0.15) is 0 Å². The molecule has 7 atom stereocenters. The maximum atomic E-state index is 14.0. The van der Waals surface area contributed by atoms with E-state index in [-0.39, 0.29) is 66.4 Å². The lowest BCUT2D eigenvalue weighted by Gasteiger charge is -2.19. The smallest absolute Gasteiger partial charge is 0.253 e. The molecule has 12 heteroatoms. The summed E-state index contributed by atoms with van der Waals surface area (Å²) >= 11 is 1.43. The molecule has 11 nitrogen and oxygen atoms in total. The van der Waals surface area contributed by atoms with E-state index >= 15 is 0 Å². The van der Waals surface area contributed by atoms with E-state index in [1.54, 1.807) is 17.0 Å². The van der Waals surface area contributed by atoms with Gasteiger partial charge in [-0.25, -0.2) is 0 Å². The molecule has 340 valence electrons. The summed E-state index contributed by atoms with van der Waals surface area (Å²) in [7, 11) is 0. The van der Waals surface area contributed by atoms with Gasteiger partial charge in [0.15, 0.2) is 0 Å². The van der Waals surface area contributed by atoms with E-state index in [4.69, 9.17) is 0 Å². The van der Waals surface area contributed by atoms with E-state index in [0.29, 0.717) is 31.0 Å². The summed E-state index contributed by atoms with van der Waals surface area (Å²) in [5, 5.41) is 12.8. The van der Waals surface area contributed by atoms with Crippen molar-refractivity contribution < 1.29 is 24.0 Å². The lowest BCUT2D eigenvalue weighted by Crippen LogP contribution is -2.51. The maximum Gasteiger partial charge on any atom is 0.253 e. The lowest BCUT2D eigenvalue weighted by atomic mass is 9.94. The van der Waals surface area contributed by atoms with Crippen molar-refractivity contribution in [1.29, 1.82) is 0 Å². The van der Waals surface area contributed by atoms with Crippen molar-refractivity contribution in [2.45, 2.75) is 139 Å². The van der Waals surface area contributed by atoms with Gasteiger partial charge in [0.1, 0.15) is 6.04 Å². The van der Waals surface area contributed by atoms with Crippen LogP contribution in [-0.4, -0.2) is 77.9 Å². The van der Waals surface area contributed by atoms with Crippen LogP contribution < -0.4 is 26.0 Å². The van der Waals surface area contributed by atoms with Gasteiger partial charge in [0.25, 0.3) is 5.91 Å². The van der Waals surface area contributed by atoms with Crippen LogP contribution in [0.3, 0.4) is 0 Å². The fraction of sp³-hybridized carbons (Fsp3) is 0.549. The summed E-state index contributed by atoms with van der Waals surface area (Å²) in [4.78, 5) is 69.4. The first-order valence-electron chi connectivity index (χ1n) is 23.8. The van der Waals surface area contributed by atoms with E-state index in [1.807, 2.05) is 48.5 Å². The fourth-order valence-corrected chi connectivity index (χ4v) is 9.73. The summed E-state index contributed by atoms with van der Waals surface area (Å²) in [5.41, 5.74) is 3.84. The molecule has 3 aliphatic rings. The SMILES string of the molecule is CCCCCCCCCC(=O)N[C@@H](CNCc1ccc(C(=O)N2C[C@@H](C(=O)NS[C@H]3C[C@@H]3c3ccccc3)[C@H](C(=O)N[C@H]3C[C@@H]3c3ccccc3)C2)cc1)C(=O)NCCCCCC. The Morgan fingerprint density at radius 1 is 0.683 bits per heavy atom. The number of carbonyl (C=O) groups is 5. The van der Waals surface area contributed by atoms with Gasteiger partial charge in [-0.3, -0.25) is 28.7 Å². The van der Waals surface area contributed by atoms with E-state index in [0.717, 1.165) is 63.4 Å². The van der Waals surface area contributed by atoms with Gasteiger partial charge in [0, 0.05) is 61.9 Å². The van der Waals surface area contributed by atoms with Gasteiger partial charge in [-0.15, -0.1) is 0 Å². The number of hydrogen-bond donors (Lipinski definition) is 5. The molecule has 0 radical (unpaired) electrons. The maximum absolute atomic E-state index is 14.0. The van der Waals surface area contributed by atoms with Gasteiger partial charge >= 0.3 is 0 Å². The molecule has 1 heterocycles. The molecule has 5 N–H and O–H groups in total. The normalized spacial score (nSPS) is 21.6. The van der Waals surface area contributed by atoms with Crippen LogP contribution in [-0.2, 0) is 25.7 Å². The van der Waals surface area contributed by atoms with Gasteiger partial charge in [0.2, 0.25) is 23.6 Å². The molecule has 3 fully saturated rings. The minimum absolute atomic E-state index is 0.00775. The molecule has 1 aliphatic heterocycles. The van der Waals surface area contributed by atoms with Crippen molar-refractivity contribution in [1.82, 2.24) is 30.9 Å². The summed E-state index contributed by atoms with van der Waals surface area (Å²) in [6, 6.07) is 27.0. The third-order valence-corrected chi connectivity index (χ3v) is 13.9. The molecule has 2 aliphatic carbocycles. The molecular formula is C51H70N6O5S. The second-order valence-corrected chi connectivity index (χ2v) is 18.9. The first-order valence-corrected chi connectivity index (χ1v) is 24.6. The molecule has 3 aromatic rings. The van der Waals surface area contributed by atoms with Crippen LogP contribution in [0.25, 0.3) is 0 Å². The van der Waals surface area contributed by atoms with Crippen LogP contribution >= 0.6 is 11.9 Å². The second-order valence-electron chi connectivity index (χ2n) is 17.8. The van der Waals surface area contributed by atoms with Gasteiger partial charge in [-0.1, -0.05) is 144 Å². The Balaban J connectivity index is 1.01. The molecule has 0 aromatic heterocycles. The predicted molar refractivity (Wildman–Crippen MR) is 252 cm³/mol. The number of likely N-dealkylation sites (tertiary alicyclic amines) is 1. The zero-order valence-corrected chi connectivity index (χ0v) is 38.3. The van der Waals surface area contributed by atoms with Crippen molar-refractivity contribution in [3.05, 3.63) is 107 Å². The van der Waals surface area contributed by atoms with Crippen molar-refractivity contribution in [3.8, 4) is 0 Å². The minimum atomic E-state index is -0.698. The van der Waals surface area contributed by atoms with Crippen LogP contribution in [0.4, 0.5) is 0 Å². The summed E-state index contributed by atoms with van der Waals surface area (Å²) < 4.78 is 3.07. The first-order chi connectivity index (χ1) is 30.7. The molecule has 1 saturated heterocycles. The Labute approximate surface area is 379 Å². The highest BCUT2D eigenvalue weighted by Crippen LogP contribution is 2.48. The number of carbonyl (C=O) groups excluding carboxylic acids is 5. The van der Waals surface area contributed by atoms with Crippen LogP contribution in [0, 0.1) is 11.8 Å². The van der Waals surface area contributed by atoms with Crippen LogP contribution in [0.5, 0.6) is 0 Å². The predicted octanol–water partition coefficient (Wildman–Crippen LogP) is 7.78. The van der Waals surface area contributed by atoms with Gasteiger partial charge in [0.05, 0.1) is 11.8 Å². The molecular weight excluding hydrogens is 809 g/mol. The number of amides is 5. The molecule has 5 amide bonds. The Kier molecular flexibility index (Phi) is 18.9. The average Bonchev–Trinajstić information content (AvgIpc) is 4.22. The van der Waals surface area contributed by atoms with Crippen LogP contribution in [0.15, 0.2) is 84.9 Å². The quantitative estimate of drug-likeness (QED) is 0.0388. The van der Waals surface area contributed by atoms with Gasteiger partial charge in [-0.05, 0) is 72.4 Å². The number of nitrogens with one attached hydrogen (secondary N) is 5. The first kappa shape index (κ1) is 47.8. The Morgan fingerprint density at radius 2 is 1.29 bits per heavy atom. The van der Waals surface area contributed by atoms with E-state index in [2.05, 4.69) is 64.1 Å². The van der Waals surface area contributed by atoms with E-state index in [9.17, 15) is 24.0 Å². The number of hydrogen-bond acceptors (Lipinski definition) is 7. The Morgan fingerprint density at radius 3 is 1.95 bits per heavy atom. The summed E-state index contributed by atoms with van der Waals surface area (Å²) in [6.45, 7) is 5.95. The van der Waals surface area contributed by atoms with Crippen LogP contribution in [0.2, 0.25) is 0 Å². The lowest BCUT2D eigenvalue weighted by molar-refractivity contribution is -0.132. The highest BCUT2D eigenvalue weighted by atomic mass is 32.2. The number of unbranched alkanes of at least 4 members (excludes halogenated alkanes) is 9. The number of benzene rings is 3. The molecule has 63 heavy (non-hydrogen) atoms. The van der Waals surface area contributed by atoms with E-state index < -0.39 is 17.9 Å². The highest BCUT2D eigenvalue weighted by Gasteiger charge is 2.48. The van der Waals surface area contributed by atoms with Crippen molar-refractivity contribution in [3.63, 3.8) is 0 Å². The third-order valence-electron chi connectivity index (χ3n) is 12.8. The standard InChI is InChI=1S/C51H70N6O5S/c1-3-5-7-9-10-11-18-24-47(58)54-45(50(61)53-29-19-8-6-4-2)33-52-32-36-25-27-39(28-26-36)51(62)57-34-42(48(59)55-44-30-40(44)37-20-14-12-15-21-37)43(35-57)49(60)56-63-46-31-41(46)38-22-16-13-17-23-38/h12-17,20-23,25-28,40-46,52H,3-11,18-19,24,29-35H2,1-2H3,(H,53,61)(H,54,58)(H,55,59)(H,56,60)/t40-,41-,42-,43-,44+,45+,46+/m1/s1. The fourth-order valence-electron chi connectivity index (χ4n) is 8.69. The minimum Gasteiger partial charge on any atom is -0.354 e. The molecule has 3 aromatic carbocycles. The highest BCUT2D eigenvalue weighted by molar-refractivity contribution is 7.98. The third kappa shape index (κ3) is 15.0. The number of rotatable bonds is 27. The second kappa shape index (κ2) is 25.0. The summed E-state index contributed by atoms with van der Waals surface area (Å²) in [5.74, 6) is -1.64. The topological polar surface area (TPSA) is 149 Å². The zero-order chi connectivity index (χ0) is 44.4. The average molecular weight is 879 g/mol. The Hall–Kier alpha value is -4.68. The zero-order valence-electron chi connectivity index (χ0n) is 37.5. The van der Waals surface area contributed by atoms with Crippen molar-refractivity contribution in [2.75, 3.05) is 26.2 Å². The van der Waals surface area contributed by atoms with E-state index in [1.165, 1.54) is 48.8 Å². The van der Waals surface area contributed by atoms with Crippen molar-refractivity contribution in [2.24, 2.45) is 11.8 Å². The molecule has 0 bridgehead atoms. The number of nitrogens with zero attached hydrogens (tertiary/aromatic N) is 1. The molecule has 6 rings (SSSR count). The van der Waals surface area contributed by atoms with Crippen LogP contribution in [0.1, 0.15) is 143 Å². The monoisotopic (exact) mass is 879 g/mol. The van der Waals surface area contributed by atoms with Crippen molar-refractivity contribution >= 4 is 41.5 Å². The molecule has 2 saturated carbocycles. The Bertz CT molecular complexity index is 1920. The largest absolute Gasteiger partial charge is 0.354 e. The molecule has 0 spiro atoms. The molecule has 0 unspecified atom stereocenters.